The standard InChI is InChI=1S/C14H12N2O3S/c1-8-15-12(7-20-8)13(17)16-5-10-3-2-9(14(18)19)4-11(10)6-16/h2-4,7H,5-6H2,1H3,(H,18,19). The first-order chi connectivity index (χ1) is 9.54. The third-order valence-electron chi connectivity index (χ3n) is 3.30. The number of carboxylic acids is 1. The normalized spacial score (nSPS) is 13.3. The summed E-state index contributed by atoms with van der Waals surface area (Å²) in [5, 5.41) is 11.6. The van der Waals surface area contributed by atoms with Crippen molar-refractivity contribution < 1.29 is 14.7 Å². The van der Waals surface area contributed by atoms with Crippen molar-refractivity contribution in [3.63, 3.8) is 0 Å². The molecule has 20 heavy (non-hydrogen) atoms. The Kier molecular flexibility index (Phi) is 3.02. The smallest absolute Gasteiger partial charge is 0.335 e. The molecule has 1 aliphatic rings. The Hall–Kier alpha value is -2.21. The van der Waals surface area contributed by atoms with E-state index < -0.39 is 5.97 Å². The maximum absolute atomic E-state index is 12.3. The summed E-state index contributed by atoms with van der Waals surface area (Å²) in [5.74, 6) is -1.06. The minimum Gasteiger partial charge on any atom is -0.478 e. The minimum atomic E-state index is -0.951. The van der Waals surface area contributed by atoms with Crippen molar-refractivity contribution in [1.29, 1.82) is 0 Å². The summed E-state index contributed by atoms with van der Waals surface area (Å²) in [5.41, 5.74) is 2.60. The van der Waals surface area contributed by atoms with Crippen LogP contribution < -0.4 is 0 Å². The van der Waals surface area contributed by atoms with Gasteiger partial charge in [0.15, 0.2) is 0 Å². The van der Waals surface area contributed by atoms with Gasteiger partial charge in [-0.3, -0.25) is 4.79 Å². The lowest BCUT2D eigenvalue weighted by atomic mass is 10.1. The molecule has 0 bridgehead atoms. The van der Waals surface area contributed by atoms with Crippen molar-refractivity contribution in [3.05, 3.63) is 51.0 Å². The first-order valence-electron chi connectivity index (χ1n) is 6.11. The van der Waals surface area contributed by atoms with Gasteiger partial charge in [0, 0.05) is 18.5 Å². The van der Waals surface area contributed by atoms with E-state index in [1.54, 1.807) is 28.5 Å². The number of amides is 1. The fraction of sp³-hybridized carbons (Fsp3) is 0.214. The van der Waals surface area contributed by atoms with Crippen molar-refractivity contribution >= 4 is 23.2 Å². The van der Waals surface area contributed by atoms with E-state index in [0.29, 0.717) is 18.8 Å². The number of thiazole rings is 1. The summed E-state index contributed by atoms with van der Waals surface area (Å²) in [6.07, 6.45) is 0. The number of fused-ring (bicyclic) bond motifs is 1. The van der Waals surface area contributed by atoms with Gasteiger partial charge in [-0.1, -0.05) is 6.07 Å². The largest absolute Gasteiger partial charge is 0.478 e. The molecule has 0 unspecified atom stereocenters. The Morgan fingerprint density at radius 3 is 2.70 bits per heavy atom. The molecule has 0 saturated carbocycles. The van der Waals surface area contributed by atoms with E-state index >= 15 is 0 Å². The van der Waals surface area contributed by atoms with Crippen LogP contribution in [0.5, 0.6) is 0 Å². The van der Waals surface area contributed by atoms with Crippen molar-refractivity contribution in [1.82, 2.24) is 9.88 Å². The molecule has 1 amide bonds. The van der Waals surface area contributed by atoms with Gasteiger partial charge in [0.05, 0.1) is 10.6 Å². The molecule has 0 saturated heterocycles. The number of carboxylic acid groups (broad SMARTS) is 1. The molecule has 1 N–H and O–H groups in total. The molecular weight excluding hydrogens is 276 g/mol. The lowest BCUT2D eigenvalue weighted by Gasteiger charge is -2.13. The number of hydrogen-bond donors (Lipinski definition) is 1. The SMILES string of the molecule is Cc1nc(C(=O)N2Cc3ccc(C(=O)O)cc3C2)cs1. The van der Waals surface area contributed by atoms with Crippen LogP contribution in [0.4, 0.5) is 0 Å². The lowest BCUT2D eigenvalue weighted by Crippen LogP contribution is -2.25. The summed E-state index contributed by atoms with van der Waals surface area (Å²) in [6.45, 7) is 2.80. The summed E-state index contributed by atoms with van der Waals surface area (Å²) < 4.78 is 0. The van der Waals surface area contributed by atoms with Crippen LogP contribution >= 0.6 is 11.3 Å². The highest BCUT2D eigenvalue weighted by Crippen LogP contribution is 2.25. The monoisotopic (exact) mass is 288 g/mol. The lowest BCUT2D eigenvalue weighted by molar-refractivity contribution is 0.0696. The first kappa shape index (κ1) is 12.8. The van der Waals surface area contributed by atoms with Crippen LogP contribution in [0, 0.1) is 6.92 Å². The van der Waals surface area contributed by atoms with Crippen LogP contribution in [0.3, 0.4) is 0 Å². The van der Waals surface area contributed by atoms with Gasteiger partial charge in [0.2, 0.25) is 0 Å². The average molecular weight is 288 g/mol. The topological polar surface area (TPSA) is 70.5 Å². The molecule has 3 rings (SSSR count). The molecule has 0 fully saturated rings. The molecule has 0 spiro atoms. The average Bonchev–Trinajstić information content (AvgIpc) is 3.02. The molecule has 0 atom stereocenters. The maximum Gasteiger partial charge on any atom is 0.335 e. The van der Waals surface area contributed by atoms with Gasteiger partial charge in [0.25, 0.3) is 5.91 Å². The Morgan fingerprint density at radius 2 is 2.05 bits per heavy atom. The van der Waals surface area contributed by atoms with Crippen LogP contribution in [-0.4, -0.2) is 26.9 Å². The number of rotatable bonds is 2. The van der Waals surface area contributed by atoms with Crippen LogP contribution in [0.2, 0.25) is 0 Å². The predicted molar refractivity (Wildman–Crippen MR) is 73.8 cm³/mol. The van der Waals surface area contributed by atoms with Crippen LogP contribution in [0.25, 0.3) is 0 Å². The molecular formula is C14H12N2O3S. The number of benzene rings is 1. The Labute approximate surface area is 119 Å². The molecule has 102 valence electrons. The number of nitrogens with zero attached hydrogens (tertiary/aromatic N) is 2. The van der Waals surface area contributed by atoms with Crippen molar-refractivity contribution in [3.8, 4) is 0 Å². The third kappa shape index (κ3) is 2.18. The van der Waals surface area contributed by atoms with Gasteiger partial charge in [-0.25, -0.2) is 9.78 Å². The Balaban J connectivity index is 1.83. The van der Waals surface area contributed by atoms with E-state index in [4.69, 9.17) is 5.11 Å². The molecule has 0 aliphatic carbocycles. The Morgan fingerprint density at radius 1 is 1.30 bits per heavy atom. The molecule has 2 aromatic rings. The molecule has 6 heteroatoms. The summed E-state index contributed by atoms with van der Waals surface area (Å²) >= 11 is 1.45. The number of hydrogen-bond acceptors (Lipinski definition) is 4. The number of aryl methyl sites for hydroxylation is 1. The zero-order valence-corrected chi connectivity index (χ0v) is 11.6. The van der Waals surface area contributed by atoms with Gasteiger partial charge in [-0.15, -0.1) is 11.3 Å². The minimum absolute atomic E-state index is 0.109. The van der Waals surface area contributed by atoms with Crippen molar-refractivity contribution in [2.24, 2.45) is 0 Å². The number of aromatic carboxylic acids is 1. The fourth-order valence-electron chi connectivity index (χ4n) is 2.29. The molecule has 2 heterocycles. The molecule has 1 aromatic heterocycles. The highest BCUT2D eigenvalue weighted by molar-refractivity contribution is 7.09. The van der Waals surface area contributed by atoms with Crippen LogP contribution in [0.15, 0.2) is 23.6 Å². The van der Waals surface area contributed by atoms with E-state index in [1.165, 1.54) is 11.3 Å². The molecule has 0 radical (unpaired) electrons. The highest BCUT2D eigenvalue weighted by Gasteiger charge is 2.26. The second-order valence-corrected chi connectivity index (χ2v) is 5.76. The van der Waals surface area contributed by atoms with Gasteiger partial charge >= 0.3 is 5.97 Å². The van der Waals surface area contributed by atoms with E-state index in [9.17, 15) is 9.59 Å². The zero-order chi connectivity index (χ0) is 14.3. The van der Waals surface area contributed by atoms with E-state index in [0.717, 1.165) is 16.1 Å². The summed E-state index contributed by atoms with van der Waals surface area (Å²) in [6, 6.07) is 4.98. The van der Waals surface area contributed by atoms with Gasteiger partial charge in [-0.05, 0) is 30.2 Å². The molecule has 1 aliphatic heterocycles. The van der Waals surface area contributed by atoms with E-state index in [2.05, 4.69) is 4.98 Å². The van der Waals surface area contributed by atoms with E-state index in [1.807, 2.05) is 6.92 Å². The zero-order valence-electron chi connectivity index (χ0n) is 10.8. The predicted octanol–water partition coefficient (Wildman–Crippen LogP) is 2.31. The van der Waals surface area contributed by atoms with Crippen molar-refractivity contribution in [2.75, 3.05) is 0 Å². The third-order valence-corrected chi connectivity index (χ3v) is 4.07. The van der Waals surface area contributed by atoms with Gasteiger partial charge < -0.3 is 10.0 Å². The first-order valence-corrected chi connectivity index (χ1v) is 6.99. The number of carbonyl (C=O) groups excluding carboxylic acids is 1. The Bertz CT molecular complexity index is 708. The highest BCUT2D eigenvalue weighted by atomic mass is 32.1. The second kappa shape index (κ2) is 4.72. The second-order valence-electron chi connectivity index (χ2n) is 4.70. The number of carbonyl (C=O) groups is 2. The van der Waals surface area contributed by atoms with Gasteiger partial charge in [0.1, 0.15) is 5.69 Å². The van der Waals surface area contributed by atoms with Crippen LogP contribution in [-0.2, 0) is 13.1 Å². The van der Waals surface area contributed by atoms with Crippen molar-refractivity contribution in [2.45, 2.75) is 20.0 Å². The maximum atomic E-state index is 12.3. The van der Waals surface area contributed by atoms with Crippen LogP contribution in [0.1, 0.15) is 37.0 Å². The quantitative estimate of drug-likeness (QED) is 0.920. The number of aromatic nitrogens is 1. The fourth-order valence-corrected chi connectivity index (χ4v) is 2.88. The van der Waals surface area contributed by atoms with E-state index in [-0.39, 0.29) is 11.5 Å². The van der Waals surface area contributed by atoms with Gasteiger partial charge in [-0.2, -0.15) is 0 Å². The summed E-state index contributed by atoms with van der Waals surface area (Å²) in [7, 11) is 0. The molecule has 1 aromatic carbocycles. The molecule has 5 nitrogen and oxygen atoms in total. The summed E-state index contributed by atoms with van der Waals surface area (Å²) in [4.78, 5) is 29.1.